The summed E-state index contributed by atoms with van der Waals surface area (Å²) < 4.78 is 6.01. The van der Waals surface area contributed by atoms with E-state index in [0.29, 0.717) is 18.8 Å². The van der Waals surface area contributed by atoms with Gasteiger partial charge in [0.2, 0.25) is 0 Å². The SMILES string of the molecule is N/C(=C\N(N)CCCCCCOc1ccccc1-c1cccc(C(=O)O)c1)c1cccnc1. The summed E-state index contributed by atoms with van der Waals surface area (Å²) in [6, 6.07) is 18.3. The minimum absolute atomic E-state index is 0.258. The first-order chi connectivity index (χ1) is 16.0. The fourth-order valence-electron chi connectivity index (χ4n) is 3.43. The lowest BCUT2D eigenvalue weighted by Gasteiger charge is -2.15. The molecule has 33 heavy (non-hydrogen) atoms. The molecule has 0 radical (unpaired) electrons. The first-order valence-electron chi connectivity index (χ1n) is 11.0. The molecule has 0 amide bonds. The normalized spacial score (nSPS) is 11.2. The molecule has 0 aliphatic rings. The highest BCUT2D eigenvalue weighted by Gasteiger charge is 2.09. The van der Waals surface area contributed by atoms with Crippen molar-refractivity contribution in [3.63, 3.8) is 0 Å². The smallest absolute Gasteiger partial charge is 0.335 e. The Kier molecular flexibility index (Phi) is 8.85. The van der Waals surface area contributed by atoms with Crippen LogP contribution in [-0.2, 0) is 0 Å². The van der Waals surface area contributed by atoms with Crippen molar-refractivity contribution in [2.45, 2.75) is 25.7 Å². The van der Waals surface area contributed by atoms with Crippen LogP contribution in [0.1, 0.15) is 41.6 Å². The third-order valence-electron chi connectivity index (χ3n) is 5.18. The first-order valence-corrected chi connectivity index (χ1v) is 11.0. The van der Waals surface area contributed by atoms with E-state index in [2.05, 4.69) is 4.98 Å². The monoisotopic (exact) mass is 446 g/mol. The van der Waals surface area contributed by atoms with Gasteiger partial charge in [-0.25, -0.2) is 10.6 Å². The number of benzene rings is 2. The summed E-state index contributed by atoms with van der Waals surface area (Å²) in [5.74, 6) is 5.84. The number of nitrogens with two attached hydrogens (primary N) is 2. The van der Waals surface area contributed by atoms with Gasteiger partial charge in [0.05, 0.1) is 17.9 Å². The van der Waals surface area contributed by atoms with Crippen molar-refractivity contribution in [2.24, 2.45) is 11.6 Å². The number of carboxylic acids is 1. The van der Waals surface area contributed by atoms with Crippen molar-refractivity contribution < 1.29 is 14.6 Å². The van der Waals surface area contributed by atoms with E-state index < -0.39 is 5.97 Å². The molecule has 0 saturated carbocycles. The Morgan fingerprint density at radius 2 is 1.79 bits per heavy atom. The number of unbranched alkanes of at least 4 members (excludes halogenated alkanes) is 3. The van der Waals surface area contributed by atoms with E-state index >= 15 is 0 Å². The highest BCUT2D eigenvalue weighted by atomic mass is 16.5. The summed E-state index contributed by atoms with van der Waals surface area (Å²) in [5.41, 5.74) is 9.46. The summed E-state index contributed by atoms with van der Waals surface area (Å²) >= 11 is 0. The van der Waals surface area contributed by atoms with E-state index in [1.807, 2.05) is 42.5 Å². The topological polar surface area (TPSA) is 115 Å². The Bertz CT molecular complexity index is 1070. The number of para-hydroxylation sites is 1. The molecule has 0 bridgehead atoms. The Hall–Kier alpha value is -3.84. The average molecular weight is 447 g/mol. The van der Waals surface area contributed by atoms with Crippen LogP contribution in [0.25, 0.3) is 16.8 Å². The standard InChI is InChI=1S/C26H30N4O3/c27-24(22-11-8-14-29-18-22)19-30(28)15-5-1-2-6-16-33-25-13-4-3-12-23(25)20-9-7-10-21(17-20)26(31)32/h3-4,7-14,17-19H,1-2,5-6,15-16,27-28H2,(H,31,32)/b24-19-. The van der Waals surface area contributed by atoms with Crippen molar-refractivity contribution in [2.75, 3.05) is 13.2 Å². The molecule has 0 saturated heterocycles. The van der Waals surface area contributed by atoms with Gasteiger partial charge >= 0.3 is 5.97 Å². The maximum atomic E-state index is 11.3. The maximum absolute atomic E-state index is 11.3. The molecule has 0 atom stereocenters. The second kappa shape index (κ2) is 12.3. The van der Waals surface area contributed by atoms with Crippen LogP contribution in [0.15, 0.2) is 79.3 Å². The summed E-state index contributed by atoms with van der Waals surface area (Å²) in [5, 5.41) is 10.9. The van der Waals surface area contributed by atoms with Crippen LogP contribution in [0.3, 0.4) is 0 Å². The molecule has 172 valence electrons. The van der Waals surface area contributed by atoms with E-state index in [4.69, 9.17) is 16.3 Å². The molecular formula is C26H30N4O3. The molecule has 1 heterocycles. The fraction of sp³-hybridized carbons (Fsp3) is 0.231. The minimum atomic E-state index is -0.943. The summed E-state index contributed by atoms with van der Waals surface area (Å²) in [6.45, 7) is 1.31. The first kappa shape index (κ1) is 23.8. The number of aromatic carboxylic acids is 1. The number of pyridine rings is 1. The molecule has 7 nitrogen and oxygen atoms in total. The number of hydrogen-bond acceptors (Lipinski definition) is 6. The van der Waals surface area contributed by atoms with Gasteiger partial charge in [-0.2, -0.15) is 0 Å². The van der Waals surface area contributed by atoms with Crippen molar-refractivity contribution in [1.82, 2.24) is 9.99 Å². The Labute approximate surface area is 194 Å². The van der Waals surface area contributed by atoms with Gasteiger partial charge < -0.3 is 20.6 Å². The summed E-state index contributed by atoms with van der Waals surface area (Å²) in [7, 11) is 0. The van der Waals surface area contributed by atoms with Crippen LogP contribution in [0.2, 0.25) is 0 Å². The quantitative estimate of drug-likeness (QED) is 0.213. The highest BCUT2D eigenvalue weighted by Crippen LogP contribution is 2.30. The zero-order chi connectivity index (χ0) is 23.5. The van der Waals surface area contributed by atoms with Crippen LogP contribution in [0.5, 0.6) is 5.75 Å². The van der Waals surface area contributed by atoms with Crippen LogP contribution in [-0.4, -0.2) is 34.2 Å². The zero-order valence-electron chi connectivity index (χ0n) is 18.6. The molecule has 0 fully saturated rings. The Balaban J connectivity index is 1.41. The lowest BCUT2D eigenvalue weighted by Crippen LogP contribution is -2.27. The molecule has 2 aromatic carbocycles. The predicted octanol–water partition coefficient (Wildman–Crippen LogP) is 4.52. The zero-order valence-corrected chi connectivity index (χ0v) is 18.6. The largest absolute Gasteiger partial charge is 0.493 e. The number of hydrogen-bond donors (Lipinski definition) is 3. The molecule has 0 unspecified atom stereocenters. The van der Waals surface area contributed by atoms with Gasteiger partial charge in [-0.3, -0.25) is 4.98 Å². The number of aromatic nitrogens is 1. The van der Waals surface area contributed by atoms with E-state index in [-0.39, 0.29) is 5.56 Å². The van der Waals surface area contributed by atoms with Crippen LogP contribution < -0.4 is 16.3 Å². The summed E-state index contributed by atoms with van der Waals surface area (Å²) in [4.78, 5) is 15.3. The second-order valence-corrected chi connectivity index (χ2v) is 7.71. The Morgan fingerprint density at radius 1 is 1.00 bits per heavy atom. The van der Waals surface area contributed by atoms with E-state index in [0.717, 1.165) is 48.1 Å². The fourth-order valence-corrected chi connectivity index (χ4v) is 3.43. The minimum Gasteiger partial charge on any atom is -0.493 e. The van der Waals surface area contributed by atoms with E-state index in [1.54, 1.807) is 41.8 Å². The molecule has 0 spiro atoms. The van der Waals surface area contributed by atoms with Gasteiger partial charge in [0.1, 0.15) is 5.75 Å². The van der Waals surface area contributed by atoms with Crippen molar-refractivity contribution in [3.05, 3.63) is 90.4 Å². The van der Waals surface area contributed by atoms with Crippen LogP contribution >= 0.6 is 0 Å². The third kappa shape index (κ3) is 7.36. The third-order valence-corrected chi connectivity index (χ3v) is 5.18. The molecule has 1 aromatic heterocycles. The second-order valence-electron chi connectivity index (χ2n) is 7.71. The van der Waals surface area contributed by atoms with Gasteiger partial charge in [0.15, 0.2) is 0 Å². The van der Waals surface area contributed by atoms with Crippen LogP contribution in [0, 0.1) is 0 Å². The molecule has 0 aliphatic heterocycles. The summed E-state index contributed by atoms with van der Waals surface area (Å²) in [6.07, 6.45) is 9.06. The molecule has 5 N–H and O–H groups in total. The van der Waals surface area contributed by atoms with Crippen LogP contribution in [0.4, 0.5) is 0 Å². The molecular weight excluding hydrogens is 416 g/mol. The number of carbonyl (C=O) groups is 1. The number of hydrazine groups is 1. The number of nitrogens with zero attached hydrogens (tertiary/aromatic N) is 2. The number of rotatable bonds is 12. The highest BCUT2D eigenvalue weighted by molar-refractivity contribution is 5.89. The van der Waals surface area contributed by atoms with Crippen molar-refractivity contribution >= 4 is 11.7 Å². The molecule has 0 aliphatic carbocycles. The van der Waals surface area contributed by atoms with Gasteiger partial charge in [0, 0.05) is 36.3 Å². The Morgan fingerprint density at radius 3 is 2.58 bits per heavy atom. The predicted molar refractivity (Wildman–Crippen MR) is 130 cm³/mol. The van der Waals surface area contributed by atoms with E-state index in [1.165, 1.54) is 0 Å². The van der Waals surface area contributed by atoms with Gasteiger partial charge in [-0.15, -0.1) is 0 Å². The van der Waals surface area contributed by atoms with Crippen molar-refractivity contribution in [3.8, 4) is 16.9 Å². The van der Waals surface area contributed by atoms with Gasteiger partial charge in [0.25, 0.3) is 0 Å². The maximum Gasteiger partial charge on any atom is 0.335 e. The molecule has 3 aromatic rings. The average Bonchev–Trinajstić information content (AvgIpc) is 2.84. The van der Waals surface area contributed by atoms with Gasteiger partial charge in [-0.1, -0.05) is 43.2 Å². The number of carboxylic acid groups (broad SMARTS) is 1. The number of ether oxygens (including phenoxy) is 1. The van der Waals surface area contributed by atoms with Gasteiger partial charge in [-0.05, 0) is 48.7 Å². The van der Waals surface area contributed by atoms with Crippen molar-refractivity contribution in [1.29, 1.82) is 0 Å². The van der Waals surface area contributed by atoms with E-state index in [9.17, 15) is 9.90 Å². The lowest BCUT2D eigenvalue weighted by molar-refractivity contribution is 0.0697. The molecule has 7 heteroatoms. The molecule has 3 rings (SSSR count). The lowest BCUT2D eigenvalue weighted by atomic mass is 10.0.